The summed E-state index contributed by atoms with van der Waals surface area (Å²) in [6.45, 7) is 16.8. The van der Waals surface area contributed by atoms with Crippen molar-refractivity contribution >= 4 is 0 Å². The van der Waals surface area contributed by atoms with Crippen molar-refractivity contribution in [1.82, 2.24) is 4.90 Å². The number of hydrogen-bond acceptors (Lipinski definition) is 1. The van der Waals surface area contributed by atoms with Crippen LogP contribution in [-0.2, 0) is 0 Å². The fourth-order valence-corrected chi connectivity index (χ4v) is 3.99. The molecule has 0 aromatic rings. The van der Waals surface area contributed by atoms with E-state index < -0.39 is 0 Å². The Bertz CT molecular complexity index is 253. The van der Waals surface area contributed by atoms with E-state index in [-0.39, 0.29) is 5.54 Å². The van der Waals surface area contributed by atoms with E-state index >= 15 is 0 Å². The fourth-order valence-electron chi connectivity index (χ4n) is 3.99. The highest BCUT2D eigenvalue weighted by molar-refractivity contribution is 4.91. The summed E-state index contributed by atoms with van der Waals surface area (Å²) in [6.07, 6.45) is 4.12. The highest BCUT2D eigenvalue weighted by atomic mass is 15.2. The normalized spacial score (nSPS) is 38.8. The maximum absolute atomic E-state index is 2.62. The van der Waals surface area contributed by atoms with Crippen molar-refractivity contribution < 1.29 is 0 Å². The van der Waals surface area contributed by atoms with E-state index in [1.165, 1.54) is 19.3 Å². The van der Waals surface area contributed by atoms with Crippen LogP contribution < -0.4 is 0 Å². The van der Waals surface area contributed by atoms with Gasteiger partial charge >= 0.3 is 0 Å². The molecule has 0 radical (unpaired) electrons. The molecule has 0 heterocycles. The standard InChI is InChI=1S/C17H35N/c1-9-15-12(2)10-11-16(14(4)13(15)3)18(8)17(5,6)7/h12-16H,9-11H2,1-8H3. The Hall–Kier alpha value is -0.0400. The van der Waals surface area contributed by atoms with Crippen LogP contribution >= 0.6 is 0 Å². The monoisotopic (exact) mass is 253 g/mol. The molecule has 0 amide bonds. The highest BCUT2D eigenvalue weighted by Gasteiger charge is 2.38. The van der Waals surface area contributed by atoms with Gasteiger partial charge in [0, 0.05) is 11.6 Å². The van der Waals surface area contributed by atoms with Crippen LogP contribution in [0.25, 0.3) is 0 Å². The predicted molar refractivity (Wildman–Crippen MR) is 81.8 cm³/mol. The van der Waals surface area contributed by atoms with Crippen molar-refractivity contribution in [2.24, 2.45) is 23.7 Å². The first-order valence-corrected chi connectivity index (χ1v) is 7.93. The minimum atomic E-state index is 0.286. The molecule has 18 heavy (non-hydrogen) atoms. The van der Waals surface area contributed by atoms with Gasteiger partial charge in [0.2, 0.25) is 0 Å². The van der Waals surface area contributed by atoms with Gasteiger partial charge in [0.25, 0.3) is 0 Å². The third-order valence-electron chi connectivity index (χ3n) is 5.79. The molecule has 5 atom stereocenters. The average molecular weight is 253 g/mol. The van der Waals surface area contributed by atoms with Gasteiger partial charge in [-0.15, -0.1) is 0 Å². The molecular formula is C17H35N. The lowest BCUT2D eigenvalue weighted by Crippen LogP contribution is -2.49. The molecule has 1 aliphatic carbocycles. The van der Waals surface area contributed by atoms with Crippen LogP contribution in [0.3, 0.4) is 0 Å². The first kappa shape index (κ1) is 16.0. The van der Waals surface area contributed by atoms with Gasteiger partial charge < -0.3 is 0 Å². The summed E-state index contributed by atoms with van der Waals surface area (Å²) in [5.41, 5.74) is 0.286. The SMILES string of the molecule is CCC1C(C)CCC(N(C)C(C)(C)C)C(C)C1C. The quantitative estimate of drug-likeness (QED) is 0.638. The molecule has 5 unspecified atom stereocenters. The smallest absolute Gasteiger partial charge is 0.0126 e. The van der Waals surface area contributed by atoms with Gasteiger partial charge in [-0.05, 0) is 64.3 Å². The van der Waals surface area contributed by atoms with Gasteiger partial charge in [0.15, 0.2) is 0 Å². The Morgan fingerprint density at radius 2 is 1.56 bits per heavy atom. The van der Waals surface area contributed by atoms with E-state index in [0.29, 0.717) is 0 Å². The molecule has 1 saturated carbocycles. The van der Waals surface area contributed by atoms with Crippen molar-refractivity contribution in [3.05, 3.63) is 0 Å². The third-order valence-corrected chi connectivity index (χ3v) is 5.79. The van der Waals surface area contributed by atoms with Crippen molar-refractivity contribution in [3.8, 4) is 0 Å². The first-order chi connectivity index (χ1) is 8.20. The van der Waals surface area contributed by atoms with Crippen LogP contribution in [0, 0.1) is 23.7 Å². The van der Waals surface area contributed by atoms with E-state index in [1.54, 1.807) is 0 Å². The minimum absolute atomic E-state index is 0.286. The van der Waals surface area contributed by atoms with E-state index in [1.807, 2.05) is 0 Å². The van der Waals surface area contributed by atoms with Crippen LogP contribution in [-0.4, -0.2) is 23.5 Å². The zero-order chi connectivity index (χ0) is 14.1. The lowest BCUT2D eigenvalue weighted by molar-refractivity contribution is 0.0577. The van der Waals surface area contributed by atoms with Crippen molar-refractivity contribution in [2.75, 3.05) is 7.05 Å². The molecule has 1 heteroatoms. The molecule has 1 rings (SSSR count). The summed E-state index contributed by atoms with van der Waals surface area (Å²) < 4.78 is 0. The Balaban J connectivity index is 2.90. The van der Waals surface area contributed by atoms with Crippen LogP contribution in [0.15, 0.2) is 0 Å². The van der Waals surface area contributed by atoms with Gasteiger partial charge in [-0.25, -0.2) is 0 Å². The molecule has 0 aromatic heterocycles. The first-order valence-electron chi connectivity index (χ1n) is 7.93. The van der Waals surface area contributed by atoms with Crippen molar-refractivity contribution in [3.63, 3.8) is 0 Å². The number of rotatable bonds is 2. The lowest BCUT2D eigenvalue weighted by Gasteiger charge is -2.43. The van der Waals surface area contributed by atoms with E-state index in [9.17, 15) is 0 Å². The summed E-state index contributed by atoms with van der Waals surface area (Å²) in [5.74, 6) is 3.47. The molecular weight excluding hydrogens is 218 g/mol. The number of nitrogens with zero attached hydrogens (tertiary/aromatic N) is 1. The maximum Gasteiger partial charge on any atom is 0.0126 e. The summed E-state index contributed by atoms with van der Waals surface area (Å²) in [7, 11) is 2.32. The molecule has 0 saturated heterocycles. The number of hydrogen-bond donors (Lipinski definition) is 0. The van der Waals surface area contributed by atoms with Crippen molar-refractivity contribution in [2.45, 2.75) is 79.3 Å². The topological polar surface area (TPSA) is 3.24 Å². The summed E-state index contributed by atoms with van der Waals surface area (Å²) in [6, 6.07) is 0.749. The summed E-state index contributed by atoms with van der Waals surface area (Å²) >= 11 is 0. The Morgan fingerprint density at radius 3 is 2.00 bits per heavy atom. The molecule has 0 spiro atoms. The zero-order valence-electron chi connectivity index (χ0n) is 14.0. The molecule has 0 aromatic carbocycles. The predicted octanol–water partition coefficient (Wildman–Crippen LogP) is 4.81. The average Bonchev–Trinajstić information content (AvgIpc) is 2.36. The van der Waals surface area contributed by atoms with E-state index in [2.05, 4.69) is 60.4 Å². The molecule has 0 aliphatic heterocycles. The Kier molecular flexibility index (Phi) is 5.29. The summed E-state index contributed by atoms with van der Waals surface area (Å²) in [5, 5.41) is 0. The third kappa shape index (κ3) is 3.29. The van der Waals surface area contributed by atoms with Gasteiger partial charge in [-0.2, -0.15) is 0 Å². The molecule has 108 valence electrons. The molecule has 0 N–H and O–H groups in total. The molecule has 1 fully saturated rings. The largest absolute Gasteiger partial charge is 0.298 e. The molecule has 1 nitrogen and oxygen atoms in total. The Morgan fingerprint density at radius 1 is 1.00 bits per heavy atom. The van der Waals surface area contributed by atoms with Gasteiger partial charge in [-0.1, -0.05) is 34.1 Å². The second-order valence-electron chi connectivity index (χ2n) is 7.69. The van der Waals surface area contributed by atoms with Crippen molar-refractivity contribution in [1.29, 1.82) is 0 Å². The van der Waals surface area contributed by atoms with Crippen LogP contribution in [0.5, 0.6) is 0 Å². The highest BCUT2D eigenvalue weighted by Crippen LogP contribution is 2.41. The van der Waals surface area contributed by atoms with Crippen LogP contribution in [0.1, 0.15) is 67.7 Å². The fraction of sp³-hybridized carbons (Fsp3) is 1.00. The van der Waals surface area contributed by atoms with Crippen LogP contribution in [0.2, 0.25) is 0 Å². The summed E-state index contributed by atoms with van der Waals surface area (Å²) in [4.78, 5) is 2.62. The Labute approximate surface area is 115 Å². The lowest BCUT2D eigenvalue weighted by atomic mass is 9.76. The molecule has 1 aliphatic rings. The minimum Gasteiger partial charge on any atom is -0.298 e. The van der Waals surface area contributed by atoms with Gasteiger partial charge in [-0.3, -0.25) is 4.90 Å². The van der Waals surface area contributed by atoms with Gasteiger partial charge in [0.05, 0.1) is 0 Å². The van der Waals surface area contributed by atoms with E-state index in [4.69, 9.17) is 0 Å². The van der Waals surface area contributed by atoms with Gasteiger partial charge in [0.1, 0.15) is 0 Å². The maximum atomic E-state index is 2.62. The second kappa shape index (κ2) is 5.94. The molecule has 0 bridgehead atoms. The zero-order valence-corrected chi connectivity index (χ0v) is 14.0. The second-order valence-corrected chi connectivity index (χ2v) is 7.69. The van der Waals surface area contributed by atoms with E-state index in [0.717, 1.165) is 29.7 Å². The van der Waals surface area contributed by atoms with Crippen LogP contribution in [0.4, 0.5) is 0 Å².